The largest absolute Gasteiger partial charge is 0.379 e. The number of hydrogen-bond acceptors (Lipinski definition) is 4. The van der Waals surface area contributed by atoms with Crippen molar-refractivity contribution in [2.24, 2.45) is 0 Å². The van der Waals surface area contributed by atoms with E-state index in [1.54, 1.807) is 42.3 Å². The number of morpholine rings is 1. The highest BCUT2D eigenvalue weighted by molar-refractivity contribution is 7.89. The molecule has 1 aliphatic rings. The van der Waals surface area contributed by atoms with Crippen molar-refractivity contribution in [3.05, 3.63) is 35.9 Å². The van der Waals surface area contributed by atoms with Crippen molar-refractivity contribution < 1.29 is 17.9 Å². The fourth-order valence-corrected chi connectivity index (χ4v) is 3.90. The number of benzene rings is 1. The van der Waals surface area contributed by atoms with Crippen LogP contribution < -0.4 is 0 Å². The van der Waals surface area contributed by atoms with E-state index in [2.05, 4.69) is 6.92 Å². The number of nitrogens with zero attached hydrogens (tertiary/aromatic N) is 2. The molecular formula is C18H26N2O4S. The van der Waals surface area contributed by atoms with Crippen LogP contribution in [0.4, 0.5) is 0 Å². The van der Waals surface area contributed by atoms with Crippen molar-refractivity contribution in [3.63, 3.8) is 0 Å². The second-order valence-electron chi connectivity index (χ2n) is 6.03. The van der Waals surface area contributed by atoms with E-state index >= 15 is 0 Å². The highest BCUT2D eigenvalue weighted by Crippen LogP contribution is 2.18. The Balaban J connectivity index is 2.02. The van der Waals surface area contributed by atoms with E-state index in [4.69, 9.17) is 4.74 Å². The highest BCUT2D eigenvalue weighted by Gasteiger charge is 2.25. The molecule has 1 heterocycles. The Bertz CT molecular complexity index is 692. The molecule has 1 aliphatic heterocycles. The number of sulfonamides is 1. The van der Waals surface area contributed by atoms with Gasteiger partial charge in [0.15, 0.2) is 0 Å². The Morgan fingerprint density at radius 2 is 1.88 bits per heavy atom. The van der Waals surface area contributed by atoms with Gasteiger partial charge < -0.3 is 9.64 Å². The van der Waals surface area contributed by atoms with E-state index in [9.17, 15) is 13.2 Å². The van der Waals surface area contributed by atoms with Crippen LogP contribution >= 0.6 is 0 Å². The zero-order valence-electron chi connectivity index (χ0n) is 14.8. The van der Waals surface area contributed by atoms with Crippen LogP contribution in [0.1, 0.15) is 25.3 Å². The number of likely N-dealkylation sites (N-methyl/N-ethyl adjacent to an activating group) is 1. The lowest BCUT2D eigenvalue weighted by molar-refractivity contribution is -0.124. The summed E-state index contributed by atoms with van der Waals surface area (Å²) in [4.78, 5) is 13.9. The zero-order chi connectivity index (χ0) is 18.3. The van der Waals surface area contributed by atoms with Crippen molar-refractivity contribution in [1.82, 2.24) is 9.21 Å². The van der Waals surface area contributed by atoms with Gasteiger partial charge in [0.2, 0.25) is 15.9 Å². The number of ether oxygens (including phenoxy) is 1. The van der Waals surface area contributed by atoms with Crippen LogP contribution in [0.5, 0.6) is 0 Å². The molecule has 1 aromatic carbocycles. The van der Waals surface area contributed by atoms with Crippen LogP contribution in [-0.4, -0.2) is 63.4 Å². The normalized spacial score (nSPS) is 16.2. The Hall–Kier alpha value is -1.70. The number of carbonyl (C=O) groups is 1. The molecule has 2 rings (SSSR count). The third kappa shape index (κ3) is 5.39. The van der Waals surface area contributed by atoms with Crippen molar-refractivity contribution in [2.75, 3.05) is 39.9 Å². The van der Waals surface area contributed by atoms with Crippen LogP contribution in [-0.2, 0) is 19.6 Å². The molecule has 7 heteroatoms. The molecule has 0 radical (unpaired) electrons. The zero-order valence-corrected chi connectivity index (χ0v) is 15.7. The fourth-order valence-electron chi connectivity index (χ4n) is 2.49. The van der Waals surface area contributed by atoms with Gasteiger partial charge in [-0.25, -0.2) is 8.42 Å². The molecule has 0 spiro atoms. The quantitative estimate of drug-likeness (QED) is 0.692. The summed E-state index contributed by atoms with van der Waals surface area (Å²) in [6.07, 6.45) is 5.24. The lowest BCUT2D eigenvalue weighted by Crippen LogP contribution is -2.40. The molecule has 6 nitrogen and oxygen atoms in total. The summed E-state index contributed by atoms with van der Waals surface area (Å²) >= 11 is 0. The molecule has 0 saturated carbocycles. The topological polar surface area (TPSA) is 66.9 Å². The molecule has 0 aliphatic carbocycles. The standard InChI is InChI=1S/C18H26N2O4S/c1-3-4-11-19(2)18(21)10-7-16-5-8-17(9-6-16)25(22,23)20-12-14-24-15-13-20/h5-10H,3-4,11-15H2,1-2H3/b10-7+. The van der Waals surface area contributed by atoms with E-state index in [1.807, 2.05) is 0 Å². The maximum Gasteiger partial charge on any atom is 0.246 e. The lowest BCUT2D eigenvalue weighted by atomic mass is 10.2. The second-order valence-corrected chi connectivity index (χ2v) is 7.97. The van der Waals surface area contributed by atoms with E-state index in [-0.39, 0.29) is 10.8 Å². The Morgan fingerprint density at radius 1 is 1.24 bits per heavy atom. The average Bonchev–Trinajstić information content (AvgIpc) is 2.65. The van der Waals surface area contributed by atoms with Crippen molar-refractivity contribution in [1.29, 1.82) is 0 Å². The predicted molar refractivity (Wildman–Crippen MR) is 97.6 cm³/mol. The SMILES string of the molecule is CCCCN(C)C(=O)/C=C/c1ccc(S(=O)(=O)N2CCOCC2)cc1. The first-order chi connectivity index (χ1) is 11.9. The fraction of sp³-hybridized carbons (Fsp3) is 0.500. The molecule has 0 N–H and O–H groups in total. The number of unbranched alkanes of at least 4 members (excludes halogenated alkanes) is 1. The lowest BCUT2D eigenvalue weighted by Gasteiger charge is -2.26. The molecular weight excluding hydrogens is 340 g/mol. The van der Waals surface area contributed by atoms with Gasteiger partial charge in [-0.15, -0.1) is 0 Å². The molecule has 25 heavy (non-hydrogen) atoms. The maximum absolute atomic E-state index is 12.5. The third-order valence-electron chi connectivity index (χ3n) is 4.13. The first-order valence-electron chi connectivity index (χ1n) is 8.56. The summed E-state index contributed by atoms with van der Waals surface area (Å²) < 4.78 is 31.7. The molecule has 1 saturated heterocycles. The molecule has 1 aromatic rings. The maximum atomic E-state index is 12.5. The van der Waals surface area contributed by atoms with Gasteiger partial charge in [0.05, 0.1) is 18.1 Å². The van der Waals surface area contributed by atoms with E-state index in [1.165, 1.54) is 10.4 Å². The summed E-state index contributed by atoms with van der Waals surface area (Å²) in [5, 5.41) is 0. The molecule has 138 valence electrons. The van der Waals surface area contributed by atoms with E-state index in [0.717, 1.165) is 24.9 Å². The van der Waals surface area contributed by atoms with Crippen molar-refractivity contribution in [3.8, 4) is 0 Å². The predicted octanol–water partition coefficient (Wildman–Crippen LogP) is 1.98. The van der Waals surface area contributed by atoms with Gasteiger partial charge in [-0.05, 0) is 30.2 Å². The monoisotopic (exact) mass is 366 g/mol. The van der Waals surface area contributed by atoms with Gasteiger partial charge in [0.1, 0.15) is 0 Å². The minimum atomic E-state index is -3.48. The van der Waals surface area contributed by atoms with Gasteiger partial charge in [0.25, 0.3) is 0 Å². The smallest absolute Gasteiger partial charge is 0.246 e. The van der Waals surface area contributed by atoms with E-state index < -0.39 is 10.0 Å². The van der Waals surface area contributed by atoms with Crippen molar-refractivity contribution in [2.45, 2.75) is 24.7 Å². The number of amides is 1. The Kier molecular flexibility index (Phi) is 7.16. The Labute approximate surface area is 150 Å². The minimum absolute atomic E-state index is 0.0570. The molecule has 1 amide bonds. The van der Waals surface area contributed by atoms with Crippen LogP contribution in [0.25, 0.3) is 6.08 Å². The van der Waals surface area contributed by atoms with Crippen LogP contribution in [0.3, 0.4) is 0 Å². The summed E-state index contributed by atoms with van der Waals surface area (Å²) in [6, 6.07) is 6.58. The molecule has 0 unspecified atom stereocenters. The molecule has 0 aromatic heterocycles. The van der Waals surface area contributed by atoms with Gasteiger partial charge in [-0.2, -0.15) is 4.31 Å². The summed E-state index contributed by atoms with van der Waals surface area (Å²) in [7, 11) is -1.70. The van der Waals surface area contributed by atoms with Crippen LogP contribution in [0, 0.1) is 0 Å². The van der Waals surface area contributed by atoms with Gasteiger partial charge >= 0.3 is 0 Å². The van der Waals surface area contributed by atoms with Gasteiger partial charge in [-0.1, -0.05) is 25.5 Å². The number of hydrogen-bond donors (Lipinski definition) is 0. The summed E-state index contributed by atoms with van der Waals surface area (Å²) in [6.45, 7) is 4.42. The van der Waals surface area contributed by atoms with Gasteiger partial charge in [0, 0.05) is 32.8 Å². The average molecular weight is 366 g/mol. The first-order valence-corrected chi connectivity index (χ1v) is 10.0. The van der Waals surface area contributed by atoms with E-state index in [0.29, 0.717) is 26.3 Å². The van der Waals surface area contributed by atoms with Crippen LogP contribution in [0.2, 0.25) is 0 Å². The first kappa shape index (κ1) is 19.6. The Morgan fingerprint density at radius 3 is 2.48 bits per heavy atom. The minimum Gasteiger partial charge on any atom is -0.379 e. The molecule has 0 atom stereocenters. The molecule has 1 fully saturated rings. The highest BCUT2D eigenvalue weighted by atomic mass is 32.2. The third-order valence-corrected chi connectivity index (χ3v) is 6.04. The number of rotatable bonds is 7. The summed E-state index contributed by atoms with van der Waals surface area (Å²) in [5.41, 5.74) is 0.790. The van der Waals surface area contributed by atoms with Gasteiger partial charge in [-0.3, -0.25) is 4.79 Å². The van der Waals surface area contributed by atoms with Crippen molar-refractivity contribution >= 4 is 22.0 Å². The second kappa shape index (κ2) is 9.12. The number of carbonyl (C=O) groups excluding carboxylic acids is 1. The molecule has 0 bridgehead atoms. The summed E-state index contributed by atoms with van der Waals surface area (Å²) in [5.74, 6) is -0.0570. The van der Waals surface area contributed by atoms with Crippen LogP contribution in [0.15, 0.2) is 35.2 Å².